The van der Waals surface area contributed by atoms with E-state index in [9.17, 15) is 9.59 Å². The summed E-state index contributed by atoms with van der Waals surface area (Å²) in [6.07, 6.45) is -15.7. The minimum Gasteiger partial charge on any atom is -0.479 e. The van der Waals surface area contributed by atoms with Crippen molar-refractivity contribution >= 4 is 11.9 Å². The summed E-state index contributed by atoms with van der Waals surface area (Å²) in [5, 5.41) is 104. The maximum absolute atomic E-state index is 10.1. The van der Waals surface area contributed by atoms with Crippen LogP contribution in [0, 0.1) is 0 Å². The van der Waals surface area contributed by atoms with E-state index in [2.05, 4.69) is 0 Å². The van der Waals surface area contributed by atoms with E-state index in [0.29, 0.717) is 0 Å². The van der Waals surface area contributed by atoms with Crippen LogP contribution in [0.1, 0.15) is 0 Å². The summed E-state index contributed by atoms with van der Waals surface area (Å²) >= 11 is 0. The molecule has 0 fully saturated rings. The third-order valence-electron chi connectivity index (χ3n) is 3.02. The molecule has 0 aliphatic heterocycles. The van der Waals surface area contributed by atoms with Crippen LogP contribution in [-0.4, -0.2) is 135 Å². The molecule has 14 nitrogen and oxygen atoms in total. The second-order valence-electron chi connectivity index (χ2n) is 5.03. The summed E-state index contributed by atoms with van der Waals surface area (Å²) in [6.45, 7) is -1.69. The van der Waals surface area contributed by atoms with Crippen LogP contribution in [-0.2, 0) is 26.4 Å². The molecule has 0 saturated heterocycles. The SMILES string of the molecule is O=C(O)[C@H](O)[C@@H](O)[C@H](O)[C@H](O)CO.O=C(O)[C@H](O)[C@@H](O)[C@H](O)[C@H](O)CO.[Co]. The minimum absolute atomic E-state index is 0. The number of aliphatic carboxylic acids is 2. The number of carboxylic acids is 2. The van der Waals surface area contributed by atoms with E-state index >= 15 is 0 Å². The largest absolute Gasteiger partial charge is 0.479 e. The van der Waals surface area contributed by atoms with Crippen LogP contribution < -0.4 is 0 Å². The van der Waals surface area contributed by atoms with Crippen molar-refractivity contribution in [2.75, 3.05) is 13.2 Å². The molecule has 0 aliphatic carbocycles. The number of aliphatic hydroxyl groups is 10. The third-order valence-corrected chi connectivity index (χ3v) is 3.02. The predicted molar refractivity (Wildman–Crippen MR) is 77.5 cm³/mol. The summed E-state index contributed by atoms with van der Waals surface area (Å²) in [6, 6.07) is 0. The van der Waals surface area contributed by atoms with Crippen molar-refractivity contribution in [3.05, 3.63) is 0 Å². The first-order chi connectivity index (χ1) is 11.8. The standard InChI is InChI=1S/2C6H12O7.Co/c2*7-1-2(8)3(9)4(10)5(11)6(12)13;/h2*2-5,7-11H,1H2,(H,12,13);/t2*2-,3-,4+,5-;/m11./s1. The number of carbonyl (C=O) groups is 2. The number of aliphatic hydroxyl groups excluding tert-OH is 10. The number of carboxylic acid groups (broad SMARTS) is 2. The second-order valence-corrected chi connectivity index (χ2v) is 5.03. The molecule has 27 heavy (non-hydrogen) atoms. The van der Waals surface area contributed by atoms with Crippen molar-refractivity contribution in [1.29, 1.82) is 0 Å². The van der Waals surface area contributed by atoms with Gasteiger partial charge in [-0.2, -0.15) is 0 Å². The van der Waals surface area contributed by atoms with E-state index in [-0.39, 0.29) is 16.8 Å². The van der Waals surface area contributed by atoms with Gasteiger partial charge in [-0.1, -0.05) is 0 Å². The number of hydrogen-bond acceptors (Lipinski definition) is 12. The molecule has 0 aromatic carbocycles. The van der Waals surface area contributed by atoms with Gasteiger partial charge < -0.3 is 61.3 Å². The van der Waals surface area contributed by atoms with E-state index in [4.69, 9.17) is 61.3 Å². The van der Waals surface area contributed by atoms with Gasteiger partial charge in [0, 0.05) is 16.8 Å². The van der Waals surface area contributed by atoms with Gasteiger partial charge in [0.05, 0.1) is 13.2 Å². The van der Waals surface area contributed by atoms with E-state index in [1.807, 2.05) is 0 Å². The van der Waals surface area contributed by atoms with Crippen LogP contribution in [0.15, 0.2) is 0 Å². The molecule has 165 valence electrons. The summed E-state index contributed by atoms with van der Waals surface area (Å²) in [4.78, 5) is 20.2. The topological polar surface area (TPSA) is 277 Å². The summed E-state index contributed by atoms with van der Waals surface area (Å²) < 4.78 is 0. The molecule has 0 rings (SSSR count). The van der Waals surface area contributed by atoms with Gasteiger partial charge in [0.2, 0.25) is 0 Å². The predicted octanol–water partition coefficient (Wildman–Crippen LogP) is -6.99. The fourth-order valence-electron chi connectivity index (χ4n) is 1.34. The first-order valence-corrected chi connectivity index (χ1v) is 6.95. The fourth-order valence-corrected chi connectivity index (χ4v) is 1.34. The van der Waals surface area contributed by atoms with Gasteiger partial charge in [-0.05, 0) is 0 Å². The van der Waals surface area contributed by atoms with Gasteiger partial charge in [-0.25, -0.2) is 9.59 Å². The Hall–Kier alpha value is -0.954. The molecule has 0 bridgehead atoms. The number of hydrogen-bond donors (Lipinski definition) is 12. The average molecular weight is 451 g/mol. The summed E-state index contributed by atoms with van der Waals surface area (Å²) in [5.41, 5.74) is 0. The zero-order chi connectivity index (χ0) is 21.2. The van der Waals surface area contributed by atoms with Crippen molar-refractivity contribution in [1.82, 2.24) is 0 Å². The molecule has 0 aromatic heterocycles. The normalized spacial score (nSPS) is 19.6. The molecule has 15 heteroatoms. The molecule has 12 N–H and O–H groups in total. The van der Waals surface area contributed by atoms with Gasteiger partial charge in [0.15, 0.2) is 12.2 Å². The molecule has 0 spiro atoms. The van der Waals surface area contributed by atoms with Crippen molar-refractivity contribution < 1.29 is 87.6 Å². The van der Waals surface area contributed by atoms with Crippen LogP contribution in [0.5, 0.6) is 0 Å². The molecular formula is C12H24CoO14. The number of rotatable bonds is 10. The van der Waals surface area contributed by atoms with E-state index in [1.54, 1.807) is 0 Å². The molecule has 1 radical (unpaired) electrons. The Morgan fingerprint density at radius 1 is 0.556 bits per heavy atom. The molecule has 0 aliphatic rings. The van der Waals surface area contributed by atoms with Gasteiger partial charge in [0.25, 0.3) is 0 Å². The van der Waals surface area contributed by atoms with Crippen molar-refractivity contribution in [3.63, 3.8) is 0 Å². The molecule has 0 heterocycles. The van der Waals surface area contributed by atoms with Crippen LogP contribution in [0.2, 0.25) is 0 Å². The Balaban J connectivity index is -0.000000411. The molecule has 0 aromatic rings. The van der Waals surface area contributed by atoms with Crippen molar-refractivity contribution in [2.24, 2.45) is 0 Å². The van der Waals surface area contributed by atoms with Gasteiger partial charge in [-0.3, -0.25) is 0 Å². The van der Waals surface area contributed by atoms with Crippen LogP contribution in [0.3, 0.4) is 0 Å². The zero-order valence-electron chi connectivity index (χ0n) is 13.5. The van der Waals surface area contributed by atoms with Crippen molar-refractivity contribution in [3.8, 4) is 0 Å². The van der Waals surface area contributed by atoms with Gasteiger partial charge in [0.1, 0.15) is 36.6 Å². The molecular weight excluding hydrogens is 427 g/mol. The Bertz CT molecular complexity index is 385. The Morgan fingerprint density at radius 3 is 0.926 bits per heavy atom. The Morgan fingerprint density at radius 2 is 0.778 bits per heavy atom. The maximum Gasteiger partial charge on any atom is 0.335 e. The zero-order valence-corrected chi connectivity index (χ0v) is 14.6. The molecule has 0 amide bonds. The fraction of sp³-hybridized carbons (Fsp3) is 0.833. The smallest absolute Gasteiger partial charge is 0.335 e. The molecule has 0 saturated carbocycles. The van der Waals surface area contributed by atoms with Gasteiger partial charge >= 0.3 is 11.9 Å². The average Bonchev–Trinajstić information content (AvgIpc) is 2.62. The molecule has 8 atom stereocenters. The maximum atomic E-state index is 10.1. The minimum atomic E-state index is -2.20. The first kappa shape index (κ1) is 30.8. The third kappa shape index (κ3) is 10.8. The van der Waals surface area contributed by atoms with Crippen LogP contribution in [0.25, 0.3) is 0 Å². The summed E-state index contributed by atoms with van der Waals surface area (Å²) in [7, 11) is 0. The van der Waals surface area contributed by atoms with Crippen LogP contribution >= 0.6 is 0 Å². The van der Waals surface area contributed by atoms with E-state index in [0.717, 1.165) is 0 Å². The van der Waals surface area contributed by atoms with Crippen molar-refractivity contribution in [2.45, 2.75) is 48.8 Å². The second kappa shape index (κ2) is 15.0. The van der Waals surface area contributed by atoms with Gasteiger partial charge in [-0.15, -0.1) is 0 Å². The van der Waals surface area contributed by atoms with E-state index < -0.39 is 74.0 Å². The first-order valence-electron chi connectivity index (χ1n) is 6.95. The quantitative estimate of drug-likeness (QED) is 0.147. The Kier molecular flexibility index (Phi) is 17.1. The molecule has 0 unspecified atom stereocenters. The van der Waals surface area contributed by atoms with Crippen LogP contribution in [0.4, 0.5) is 0 Å². The summed E-state index contributed by atoms with van der Waals surface area (Å²) in [5.74, 6) is -3.45. The monoisotopic (exact) mass is 451 g/mol. The van der Waals surface area contributed by atoms with E-state index in [1.165, 1.54) is 0 Å². The Labute approximate surface area is 162 Å².